The van der Waals surface area contributed by atoms with E-state index in [9.17, 15) is 4.79 Å². The summed E-state index contributed by atoms with van der Waals surface area (Å²) in [6, 6.07) is 13.7. The average molecular weight is 313 g/mol. The Morgan fingerprint density at radius 1 is 1.17 bits per heavy atom. The van der Waals surface area contributed by atoms with Gasteiger partial charge >= 0.3 is 0 Å². The number of fused-ring (bicyclic) bond motifs is 1. The Morgan fingerprint density at radius 3 is 2.83 bits per heavy atom. The average Bonchev–Trinajstić information content (AvgIpc) is 2.94. The quantitative estimate of drug-likeness (QED) is 0.877. The number of benzene rings is 2. The van der Waals surface area contributed by atoms with E-state index in [2.05, 4.69) is 5.32 Å². The maximum absolute atomic E-state index is 12.1. The first kappa shape index (κ1) is 15.4. The van der Waals surface area contributed by atoms with Gasteiger partial charge in [0, 0.05) is 11.3 Å². The molecule has 2 aromatic rings. The second kappa shape index (κ2) is 6.71. The molecule has 0 radical (unpaired) electrons. The molecule has 0 saturated carbocycles. The van der Waals surface area contributed by atoms with Gasteiger partial charge in [0.05, 0.1) is 7.05 Å². The van der Waals surface area contributed by atoms with Crippen LogP contribution < -0.4 is 19.7 Å². The topological polar surface area (TPSA) is 52.0 Å². The lowest BCUT2D eigenvalue weighted by Gasteiger charge is -2.14. The molecular formula is C18H21N2O3+. The molecule has 3 rings (SSSR count). The van der Waals surface area contributed by atoms with Gasteiger partial charge in [0.25, 0.3) is 5.91 Å². The first-order chi connectivity index (χ1) is 11.1. The van der Waals surface area contributed by atoms with Crippen LogP contribution >= 0.6 is 0 Å². The fourth-order valence-electron chi connectivity index (χ4n) is 2.66. The molecule has 1 heterocycles. The van der Waals surface area contributed by atoms with E-state index < -0.39 is 0 Å². The Bertz CT molecular complexity index is 715. The van der Waals surface area contributed by atoms with Gasteiger partial charge in [-0.15, -0.1) is 0 Å². The Hall–Kier alpha value is -2.53. The summed E-state index contributed by atoms with van der Waals surface area (Å²) in [5.74, 6) is 1.57. The largest absolute Gasteiger partial charge is 0.454 e. The molecule has 120 valence electrons. The van der Waals surface area contributed by atoms with E-state index in [-0.39, 0.29) is 12.7 Å². The van der Waals surface area contributed by atoms with E-state index in [1.165, 1.54) is 0 Å². The number of carbonyl (C=O) groups is 1. The molecule has 1 unspecified atom stereocenters. The van der Waals surface area contributed by atoms with E-state index in [1.54, 1.807) is 0 Å². The predicted molar refractivity (Wildman–Crippen MR) is 87.8 cm³/mol. The molecule has 1 amide bonds. The molecule has 2 aromatic carbocycles. The predicted octanol–water partition coefficient (Wildman–Crippen LogP) is 1.38. The summed E-state index contributed by atoms with van der Waals surface area (Å²) in [6.07, 6.45) is 0. The van der Waals surface area contributed by atoms with Crippen molar-refractivity contribution in [2.75, 3.05) is 25.7 Å². The second-order valence-electron chi connectivity index (χ2n) is 5.92. The number of rotatable bonds is 5. The maximum Gasteiger partial charge on any atom is 0.279 e. The van der Waals surface area contributed by atoms with Gasteiger partial charge in [0.2, 0.25) is 6.79 Å². The maximum atomic E-state index is 12.1. The molecule has 1 aliphatic rings. The third kappa shape index (κ3) is 4.02. The van der Waals surface area contributed by atoms with Gasteiger partial charge in [0.1, 0.15) is 6.54 Å². The second-order valence-corrected chi connectivity index (χ2v) is 5.92. The van der Waals surface area contributed by atoms with E-state index in [1.807, 2.05) is 56.4 Å². The van der Waals surface area contributed by atoms with Gasteiger partial charge < -0.3 is 19.7 Å². The molecule has 5 nitrogen and oxygen atoms in total. The van der Waals surface area contributed by atoms with Gasteiger partial charge in [-0.2, -0.15) is 0 Å². The fraction of sp³-hybridized carbons (Fsp3) is 0.278. The minimum Gasteiger partial charge on any atom is -0.454 e. The van der Waals surface area contributed by atoms with Crippen LogP contribution in [0.25, 0.3) is 0 Å². The molecule has 1 aliphatic heterocycles. The molecule has 0 spiro atoms. The summed E-state index contributed by atoms with van der Waals surface area (Å²) in [7, 11) is 2.00. The van der Waals surface area contributed by atoms with Crippen LogP contribution in [-0.4, -0.2) is 26.3 Å². The highest BCUT2D eigenvalue weighted by Crippen LogP contribution is 2.32. The Balaban J connectivity index is 1.54. The molecule has 23 heavy (non-hydrogen) atoms. The lowest BCUT2D eigenvalue weighted by molar-refractivity contribution is -0.885. The number of quaternary nitrogens is 1. The molecule has 1 atom stereocenters. The van der Waals surface area contributed by atoms with Gasteiger partial charge in [-0.05, 0) is 42.8 Å². The number of carbonyl (C=O) groups excluding carboxylic acids is 1. The van der Waals surface area contributed by atoms with Crippen molar-refractivity contribution in [1.29, 1.82) is 0 Å². The zero-order chi connectivity index (χ0) is 16.2. The van der Waals surface area contributed by atoms with Crippen LogP contribution in [0, 0.1) is 6.92 Å². The highest BCUT2D eigenvalue weighted by atomic mass is 16.7. The number of nitrogens with one attached hydrogen (secondary N) is 2. The van der Waals surface area contributed by atoms with Crippen LogP contribution in [0.3, 0.4) is 0 Å². The molecule has 2 N–H and O–H groups in total. The molecule has 0 fully saturated rings. The van der Waals surface area contributed by atoms with Crippen LogP contribution in [0.4, 0.5) is 5.69 Å². The minimum atomic E-state index is 0.00819. The van der Waals surface area contributed by atoms with Crippen molar-refractivity contribution in [2.24, 2.45) is 0 Å². The minimum absolute atomic E-state index is 0.00819. The number of hydrogen-bond acceptors (Lipinski definition) is 3. The van der Waals surface area contributed by atoms with Crippen molar-refractivity contribution in [3.8, 4) is 11.5 Å². The number of likely N-dealkylation sites (N-methyl/N-ethyl adjacent to an activating group) is 1. The highest BCUT2D eigenvalue weighted by molar-refractivity contribution is 5.91. The SMILES string of the molecule is Cc1cccc(NC(=O)C[NH+](C)Cc2ccc3c(c2)OCO3)c1. The Labute approximate surface area is 135 Å². The summed E-state index contributed by atoms with van der Waals surface area (Å²) in [5, 5.41) is 2.94. The monoisotopic (exact) mass is 313 g/mol. The van der Waals surface area contributed by atoms with Crippen LogP contribution in [0.1, 0.15) is 11.1 Å². The number of ether oxygens (including phenoxy) is 2. The van der Waals surface area contributed by atoms with Gasteiger partial charge in [-0.25, -0.2) is 0 Å². The normalized spacial score (nSPS) is 13.7. The van der Waals surface area contributed by atoms with Gasteiger partial charge in [-0.3, -0.25) is 4.79 Å². The molecule has 0 bridgehead atoms. The molecule has 0 aliphatic carbocycles. The summed E-state index contributed by atoms with van der Waals surface area (Å²) >= 11 is 0. The van der Waals surface area contributed by atoms with Gasteiger partial charge in [0.15, 0.2) is 18.0 Å². The van der Waals surface area contributed by atoms with Crippen LogP contribution in [0.15, 0.2) is 42.5 Å². The highest BCUT2D eigenvalue weighted by Gasteiger charge is 2.16. The standard InChI is InChI=1S/C18H20N2O3/c1-13-4-3-5-15(8-13)19-18(21)11-20(2)10-14-6-7-16-17(9-14)23-12-22-16/h3-9H,10-12H2,1-2H3,(H,19,21)/p+1. The summed E-state index contributed by atoms with van der Waals surface area (Å²) in [6.45, 7) is 3.44. The Morgan fingerprint density at radius 2 is 2.00 bits per heavy atom. The number of amides is 1. The van der Waals surface area contributed by atoms with Crippen molar-refractivity contribution in [1.82, 2.24) is 0 Å². The van der Waals surface area contributed by atoms with Crippen molar-refractivity contribution in [3.63, 3.8) is 0 Å². The number of anilines is 1. The van der Waals surface area contributed by atoms with Crippen molar-refractivity contribution in [3.05, 3.63) is 53.6 Å². The lowest BCUT2D eigenvalue weighted by Crippen LogP contribution is -3.08. The lowest BCUT2D eigenvalue weighted by atomic mass is 10.2. The third-order valence-electron chi connectivity index (χ3n) is 3.71. The fourth-order valence-corrected chi connectivity index (χ4v) is 2.66. The molecular weight excluding hydrogens is 292 g/mol. The third-order valence-corrected chi connectivity index (χ3v) is 3.71. The summed E-state index contributed by atoms with van der Waals surface area (Å²) in [5.41, 5.74) is 3.09. The summed E-state index contributed by atoms with van der Waals surface area (Å²) < 4.78 is 10.7. The van der Waals surface area contributed by atoms with E-state index in [0.717, 1.165) is 39.8 Å². The molecule has 5 heteroatoms. The molecule has 0 saturated heterocycles. The zero-order valence-corrected chi connectivity index (χ0v) is 13.4. The van der Waals surface area contributed by atoms with E-state index >= 15 is 0 Å². The van der Waals surface area contributed by atoms with Crippen molar-refractivity contribution < 1.29 is 19.2 Å². The number of aryl methyl sites for hydroxylation is 1. The van der Waals surface area contributed by atoms with E-state index in [0.29, 0.717) is 6.54 Å². The van der Waals surface area contributed by atoms with E-state index in [4.69, 9.17) is 9.47 Å². The molecule has 0 aromatic heterocycles. The first-order valence-electron chi connectivity index (χ1n) is 7.66. The number of hydrogen-bond donors (Lipinski definition) is 2. The Kier molecular flexibility index (Phi) is 4.48. The van der Waals surface area contributed by atoms with Crippen molar-refractivity contribution in [2.45, 2.75) is 13.5 Å². The van der Waals surface area contributed by atoms with Crippen molar-refractivity contribution >= 4 is 11.6 Å². The van der Waals surface area contributed by atoms with Crippen LogP contribution in [-0.2, 0) is 11.3 Å². The van der Waals surface area contributed by atoms with Gasteiger partial charge in [-0.1, -0.05) is 12.1 Å². The first-order valence-corrected chi connectivity index (χ1v) is 7.66. The summed E-state index contributed by atoms with van der Waals surface area (Å²) in [4.78, 5) is 13.2. The smallest absolute Gasteiger partial charge is 0.279 e. The zero-order valence-electron chi connectivity index (χ0n) is 13.4. The van der Waals surface area contributed by atoms with Crippen LogP contribution in [0.2, 0.25) is 0 Å². The van der Waals surface area contributed by atoms with Crippen LogP contribution in [0.5, 0.6) is 11.5 Å².